The van der Waals surface area contributed by atoms with Crippen molar-refractivity contribution in [3.05, 3.63) is 79.3 Å². The number of aromatic nitrogens is 3. The van der Waals surface area contributed by atoms with E-state index in [1.165, 1.54) is 14.4 Å². The third-order valence-electron chi connectivity index (χ3n) is 4.14. The highest BCUT2D eigenvalue weighted by Gasteiger charge is 2.11. The van der Waals surface area contributed by atoms with Crippen LogP contribution in [0.3, 0.4) is 0 Å². The van der Waals surface area contributed by atoms with Gasteiger partial charge in [0.15, 0.2) is 0 Å². The number of hydrogen-bond donors (Lipinski definition) is 1. The molecule has 0 saturated heterocycles. The Morgan fingerprint density at radius 2 is 2.00 bits per heavy atom. The summed E-state index contributed by atoms with van der Waals surface area (Å²) in [6.45, 7) is 2.67. The SMILES string of the molecule is Cc1nc(-c2ccc(CCNc3cnn(-c4ccccc4)c(=O)c3Cl)s2)cs1. The number of hydrogen-bond acceptors (Lipinski definition) is 6. The van der Waals surface area contributed by atoms with E-state index < -0.39 is 0 Å². The van der Waals surface area contributed by atoms with Crippen LogP contribution >= 0.6 is 34.3 Å². The maximum Gasteiger partial charge on any atom is 0.292 e. The second-order valence-corrected chi connectivity index (χ2v) is 8.73. The van der Waals surface area contributed by atoms with Crippen LogP contribution in [0, 0.1) is 6.92 Å². The fourth-order valence-corrected chi connectivity index (χ4v) is 4.61. The number of thiazole rings is 1. The van der Waals surface area contributed by atoms with E-state index in [0.29, 0.717) is 17.9 Å². The van der Waals surface area contributed by atoms with E-state index in [1.807, 2.05) is 37.3 Å². The average molecular weight is 429 g/mol. The van der Waals surface area contributed by atoms with Crippen LogP contribution in [0.1, 0.15) is 9.88 Å². The Morgan fingerprint density at radius 3 is 2.75 bits per heavy atom. The summed E-state index contributed by atoms with van der Waals surface area (Å²) in [5.41, 5.74) is 1.92. The lowest BCUT2D eigenvalue weighted by Gasteiger charge is -2.10. The van der Waals surface area contributed by atoms with Crippen molar-refractivity contribution in [2.24, 2.45) is 0 Å². The normalized spacial score (nSPS) is 10.9. The molecule has 1 N–H and O–H groups in total. The number of anilines is 1. The van der Waals surface area contributed by atoms with E-state index in [1.54, 1.807) is 28.9 Å². The van der Waals surface area contributed by atoms with Crippen LogP contribution in [0.2, 0.25) is 5.02 Å². The Balaban J connectivity index is 1.42. The number of benzene rings is 1. The van der Waals surface area contributed by atoms with Crippen LogP contribution in [0.25, 0.3) is 16.3 Å². The molecular weight excluding hydrogens is 412 g/mol. The molecule has 0 aliphatic carbocycles. The summed E-state index contributed by atoms with van der Waals surface area (Å²) in [5.74, 6) is 0. The minimum atomic E-state index is -0.338. The Bertz CT molecular complexity index is 1150. The molecule has 28 heavy (non-hydrogen) atoms. The van der Waals surface area contributed by atoms with Gasteiger partial charge in [-0.05, 0) is 37.6 Å². The van der Waals surface area contributed by atoms with Gasteiger partial charge in [0.2, 0.25) is 0 Å². The summed E-state index contributed by atoms with van der Waals surface area (Å²) in [7, 11) is 0. The smallest absolute Gasteiger partial charge is 0.292 e. The topological polar surface area (TPSA) is 59.8 Å². The second kappa shape index (κ2) is 8.26. The molecule has 3 heterocycles. The van der Waals surface area contributed by atoms with E-state index >= 15 is 0 Å². The van der Waals surface area contributed by atoms with Gasteiger partial charge in [0.25, 0.3) is 5.56 Å². The number of aryl methyl sites for hydroxylation is 1. The molecule has 0 amide bonds. The molecule has 0 aliphatic heterocycles. The molecule has 0 bridgehead atoms. The Labute approximate surface area is 175 Å². The molecule has 0 unspecified atom stereocenters. The van der Waals surface area contributed by atoms with Crippen LogP contribution in [-0.4, -0.2) is 21.3 Å². The fraction of sp³-hybridized carbons (Fsp3) is 0.150. The van der Waals surface area contributed by atoms with Crippen molar-refractivity contribution in [1.29, 1.82) is 0 Å². The van der Waals surface area contributed by atoms with Gasteiger partial charge in [-0.3, -0.25) is 4.79 Å². The molecule has 0 saturated carbocycles. The molecule has 0 fully saturated rings. The first-order valence-corrected chi connectivity index (χ1v) is 10.8. The molecule has 8 heteroatoms. The molecule has 142 valence electrons. The van der Waals surface area contributed by atoms with Gasteiger partial charge in [0.05, 0.1) is 33.2 Å². The first-order chi connectivity index (χ1) is 13.6. The Hall–Kier alpha value is -2.48. The number of nitrogens with one attached hydrogen (secondary N) is 1. The third-order valence-corrected chi connectivity index (χ3v) is 6.45. The predicted octanol–water partition coefficient (Wildman–Crippen LogP) is 5.03. The van der Waals surface area contributed by atoms with Gasteiger partial charge in [-0.25, -0.2) is 4.98 Å². The highest BCUT2D eigenvalue weighted by molar-refractivity contribution is 7.16. The van der Waals surface area contributed by atoms with E-state index in [4.69, 9.17) is 11.6 Å². The molecule has 1 aromatic carbocycles. The van der Waals surface area contributed by atoms with Gasteiger partial charge >= 0.3 is 0 Å². The van der Waals surface area contributed by atoms with Crippen LogP contribution in [0.15, 0.2) is 58.8 Å². The lowest BCUT2D eigenvalue weighted by molar-refractivity contribution is 0.807. The van der Waals surface area contributed by atoms with Crippen molar-refractivity contribution < 1.29 is 0 Å². The summed E-state index contributed by atoms with van der Waals surface area (Å²) < 4.78 is 1.30. The largest absolute Gasteiger partial charge is 0.382 e. The van der Waals surface area contributed by atoms with Gasteiger partial charge in [-0.2, -0.15) is 9.78 Å². The van der Waals surface area contributed by atoms with Crippen molar-refractivity contribution >= 4 is 40.0 Å². The van der Waals surface area contributed by atoms with E-state index in [-0.39, 0.29) is 10.6 Å². The summed E-state index contributed by atoms with van der Waals surface area (Å²) in [6.07, 6.45) is 2.42. The molecule has 0 aliphatic rings. The monoisotopic (exact) mass is 428 g/mol. The fourth-order valence-electron chi connectivity index (χ4n) is 2.76. The van der Waals surface area contributed by atoms with E-state index in [2.05, 4.69) is 32.9 Å². The molecule has 4 rings (SSSR count). The van der Waals surface area contributed by atoms with Crippen molar-refractivity contribution in [2.75, 3.05) is 11.9 Å². The summed E-state index contributed by atoms with van der Waals surface area (Å²) in [4.78, 5) is 19.5. The summed E-state index contributed by atoms with van der Waals surface area (Å²) in [5, 5.41) is 10.7. The van der Waals surface area contributed by atoms with Crippen molar-refractivity contribution in [3.63, 3.8) is 0 Å². The number of para-hydroxylation sites is 1. The molecule has 0 radical (unpaired) electrons. The average Bonchev–Trinajstić information content (AvgIpc) is 3.35. The van der Waals surface area contributed by atoms with Crippen LogP contribution in [0.4, 0.5) is 5.69 Å². The lowest BCUT2D eigenvalue weighted by atomic mass is 10.3. The zero-order valence-corrected chi connectivity index (χ0v) is 17.4. The molecule has 0 atom stereocenters. The van der Waals surface area contributed by atoms with Crippen LogP contribution in [0.5, 0.6) is 0 Å². The van der Waals surface area contributed by atoms with Gasteiger partial charge < -0.3 is 5.32 Å². The maximum atomic E-state index is 12.5. The molecule has 4 aromatic rings. The quantitative estimate of drug-likeness (QED) is 0.467. The van der Waals surface area contributed by atoms with Gasteiger partial charge in [0.1, 0.15) is 5.02 Å². The molecule has 5 nitrogen and oxygen atoms in total. The van der Waals surface area contributed by atoms with Crippen molar-refractivity contribution in [3.8, 4) is 16.3 Å². The third kappa shape index (κ3) is 4.01. The first-order valence-electron chi connectivity index (χ1n) is 8.70. The van der Waals surface area contributed by atoms with E-state index in [0.717, 1.165) is 17.1 Å². The summed E-state index contributed by atoms with van der Waals surface area (Å²) in [6, 6.07) is 13.4. The van der Waals surface area contributed by atoms with Crippen LogP contribution < -0.4 is 10.9 Å². The van der Waals surface area contributed by atoms with Crippen molar-refractivity contribution in [1.82, 2.24) is 14.8 Å². The standard InChI is InChI=1S/C20H17ClN4OS2/c1-13-24-17(12-27-13)18-8-7-15(28-18)9-10-22-16-11-23-25(20(26)19(16)21)14-5-3-2-4-6-14/h2-8,11-12,22H,9-10H2,1H3. The highest BCUT2D eigenvalue weighted by Crippen LogP contribution is 2.29. The van der Waals surface area contributed by atoms with Gasteiger partial charge in [0, 0.05) is 16.8 Å². The minimum absolute atomic E-state index is 0.142. The molecule has 3 aromatic heterocycles. The minimum Gasteiger partial charge on any atom is -0.382 e. The summed E-state index contributed by atoms with van der Waals surface area (Å²) >= 11 is 9.66. The Kier molecular flexibility index (Phi) is 5.57. The van der Waals surface area contributed by atoms with Gasteiger partial charge in [-0.15, -0.1) is 22.7 Å². The van der Waals surface area contributed by atoms with Crippen LogP contribution in [-0.2, 0) is 6.42 Å². The Morgan fingerprint density at radius 1 is 1.18 bits per heavy atom. The molecular formula is C20H17ClN4OS2. The predicted molar refractivity (Wildman–Crippen MR) is 117 cm³/mol. The number of thiophene rings is 1. The maximum absolute atomic E-state index is 12.5. The van der Waals surface area contributed by atoms with Gasteiger partial charge in [-0.1, -0.05) is 29.8 Å². The second-order valence-electron chi connectivity index (χ2n) is 6.12. The lowest BCUT2D eigenvalue weighted by Crippen LogP contribution is -2.23. The number of rotatable bonds is 6. The zero-order valence-electron chi connectivity index (χ0n) is 15.1. The first kappa shape index (κ1) is 18.9. The number of nitrogens with zero attached hydrogens (tertiary/aromatic N) is 3. The van der Waals surface area contributed by atoms with Crippen molar-refractivity contribution in [2.45, 2.75) is 13.3 Å². The molecule has 0 spiro atoms. The zero-order chi connectivity index (χ0) is 19.5. The highest BCUT2D eigenvalue weighted by atomic mass is 35.5. The number of halogens is 1. The van der Waals surface area contributed by atoms with E-state index in [9.17, 15) is 4.79 Å².